The highest BCUT2D eigenvalue weighted by molar-refractivity contribution is 6.42. The second-order valence-corrected chi connectivity index (χ2v) is 11.0. The molecule has 0 aliphatic heterocycles. The molecule has 0 bridgehead atoms. The number of nitrogens with two attached hydrogens (primary N) is 1. The minimum Gasteiger partial charge on any atom is -0.428 e. The molecule has 38 heavy (non-hydrogen) atoms. The first-order valence-electron chi connectivity index (χ1n) is 12.3. The van der Waals surface area contributed by atoms with Gasteiger partial charge < -0.3 is 34.5 Å². The van der Waals surface area contributed by atoms with E-state index in [-0.39, 0.29) is 18.4 Å². The van der Waals surface area contributed by atoms with Gasteiger partial charge in [-0.25, -0.2) is 4.79 Å². The fraction of sp³-hybridized carbons (Fsp3) is 0.600. The Morgan fingerprint density at radius 1 is 0.895 bits per heavy atom. The average molecular weight is 572 g/mol. The molecule has 1 aromatic rings. The van der Waals surface area contributed by atoms with Gasteiger partial charge in [0.25, 0.3) is 0 Å². The zero-order chi connectivity index (χ0) is 27.2. The van der Waals surface area contributed by atoms with Gasteiger partial charge in [-0.1, -0.05) is 29.3 Å². The molecule has 4 fully saturated rings. The fourth-order valence-corrected chi connectivity index (χ4v) is 5.36. The van der Waals surface area contributed by atoms with Gasteiger partial charge in [0, 0.05) is 11.8 Å². The predicted molar refractivity (Wildman–Crippen MR) is 128 cm³/mol. The first-order chi connectivity index (χ1) is 18.1. The van der Waals surface area contributed by atoms with Crippen LogP contribution in [-0.4, -0.2) is 60.3 Å². The van der Waals surface area contributed by atoms with Crippen LogP contribution in [0.25, 0.3) is 0 Å². The zero-order valence-electron chi connectivity index (χ0n) is 20.2. The van der Waals surface area contributed by atoms with E-state index in [1.54, 1.807) is 18.2 Å². The van der Waals surface area contributed by atoms with Crippen molar-refractivity contribution in [1.29, 1.82) is 0 Å². The lowest BCUT2D eigenvalue weighted by molar-refractivity contribution is -0.180. The molecule has 0 heterocycles. The molecule has 206 valence electrons. The predicted octanol–water partition coefficient (Wildman–Crippen LogP) is 1.72. The minimum absolute atomic E-state index is 0.0762. The van der Waals surface area contributed by atoms with Crippen molar-refractivity contribution in [2.24, 2.45) is 35.3 Å². The van der Waals surface area contributed by atoms with E-state index >= 15 is 0 Å². The van der Waals surface area contributed by atoms with Crippen LogP contribution in [0.2, 0.25) is 10.0 Å². The molecule has 4 saturated carbocycles. The van der Waals surface area contributed by atoms with Crippen molar-refractivity contribution in [3.05, 3.63) is 33.8 Å². The number of ether oxygens (including phenoxy) is 5. The first kappa shape index (κ1) is 27.1. The van der Waals surface area contributed by atoms with Crippen molar-refractivity contribution in [2.75, 3.05) is 13.6 Å². The van der Waals surface area contributed by atoms with Crippen molar-refractivity contribution >= 4 is 47.1 Å². The number of rotatable bonds is 11. The fourth-order valence-electron chi connectivity index (χ4n) is 5.04. The number of hydrogen-bond acceptors (Lipinski definition) is 11. The van der Waals surface area contributed by atoms with E-state index in [1.807, 2.05) is 0 Å². The molecule has 0 saturated heterocycles. The molecule has 11 nitrogen and oxygen atoms in total. The smallest absolute Gasteiger partial charge is 0.332 e. The minimum atomic E-state index is -1.96. The second-order valence-electron chi connectivity index (χ2n) is 10.1. The lowest BCUT2D eigenvalue weighted by Crippen LogP contribution is -2.62. The maximum absolute atomic E-state index is 13.2. The van der Waals surface area contributed by atoms with Crippen LogP contribution < -0.4 is 5.73 Å². The lowest BCUT2D eigenvalue weighted by atomic mass is 9.87. The van der Waals surface area contributed by atoms with E-state index in [2.05, 4.69) is 0 Å². The number of carbonyl (C=O) groups is 4. The molecule has 3 unspecified atom stereocenters. The molecule has 1 aromatic carbocycles. The van der Waals surface area contributed by atoms with Crippen LogP contribution in [0.1, 0.15) is 31.2 Å². The summed E-state index contributed by atoms with van der Waals surface area (Å²) in [7, 11) is 0. The maximum Gasteiger partial charge on any atom is 0.332 e. The number of esters is 4. The van der Waals surface area contributed by atoms with E-state index < -0.39 is 73.0 Å². The molecule has 0 spiro atoms. The molecule has 0 amide bonds. The SMILES string of the molecule is N[C@]1(C(=O)OCOC(=O)C2CC2)C2C(C(=O)OCOC(=O)C3CC3)[C@@H]2[C@H](O)C1OCc1ccc(Cl)c(Cl)c1. The van der Waals surface area contributed by atoms with E-state index in [0.29, 0.717) is 28.5 Å². The van der Waals surface area contributed by atoms with Crippen molar-refractivity contribution in [1.82, 2.24) is 0 Å². The quantitative estimate of drug-likeness (QED) is 0.294. The summed E-state index contributed by atoms with van der Waals surface area (Å²) in [5.74, 6) is -5.63. The van der Waals surface area contributed by atoms with Gasteiger partial charge in [-0.2, -0.15) is 0 Å². The standard InChI is InChI=1S/C25H27Cl2NO10/c26-14-6-1-11(7-15(14)27)8-34-20-19(29)16-17(23(32)37-9-35-21(30)12-2-3-12)18(16)25(20,28)24(33)38-10-36-22(31)13-4-5-13/h1,6-7,12-13,16-20,29H,2-5,8-10,28H2/t16-,17?,18?,19-,20?,25+/m0/s1. The molecule has 6 atom stereocenters. The van der Waals surface area contributed by atoms with Crippen molar-refractivity contribution in [3.63, 3.8) is 0 Å². The normalized spacial score (nSPS) is 31.2. The highest BCUT2D eigenvalue weighted by Gasteiger charge is 2.79. The molecular weight excluding hydrogens is 545 g/mol. The highest BCUT2D eigenvalue weighted by atomic mass is 35.5. The van der Waals surface area contributed by atoms with Gasteiger partial charge in [-0.05, 0) is 43.4 Å². The Hall–Kier alpha value is -2.44. The van der Waals surface area contributed by atoms with E-state index in [4.69, 9.17) is 52.6 Å². The number of aliphatic hydroxyl groups is 1. The highest BCUT2D eigenvalue weighted by Crippen LogP contribution is 2.63. The Morgan fingerprint density at radius 2 is 1.47 bits per heavy atom. The van der Waals surface area contributed by atoms with Gasteiger partial charge >= 0.3 is 23.9 Å². The molecule has 13 heteroatoms. The lowest BCUT2D eigenvalue weighted by Gasteiger charge is -2.34. The van der Waals surface area contributed by atoms with Gasteiger partial charge in [0.2, 0.25) is 13.6 Å². The Bertz CT molecular complexity index is 1140. The van der Waals surface area contributed by atoms with E-state index in [0.717, 1.165) is 12.8 Å². The van der Waals surface area contributed by atoms with Crippen LogP contribution in [0.4, 0.5) is 0 Å². The van der Waals surface area contributed by atoms with Crippen LogP contribution in [0.5, 0.6) is 0 Å². The third kappa shape index (κ3) is 5.35. The van der Waals surface area contributed by atoms with Crippen LogP contribution in [-0.2, 0) is 49.5 Å². The molecular formula is C25H27Cl2NO10. The van der Waals surface area contributed by atoms with E-state index in [1.165, 1.54) is 0 Å². The van der Waals surface area contributed by atoms with Gasteiger partial charge in [-0.15, -0.1) is 0 Å². The monoisotopic (exact) mass is 571 g/mol. The third-order valence-electron chi connectivity index (χ3n) is 7.46. The van der Waals surface area contributed by atoms with Crippen molar-refractivity contribution < 1.29 is 48.0 Å². The van der Waals surface area contributed by atoms with Gasteiger partial charge in [0.05, 0.1) is 40.5 Å². The summed E-state index contributed by atoms with van der Waals surface area (Å²) < 4.78 is 26.0. The average Bonchev–Trinajstić information content (AvgIpc) is 3.76. The summed E-state index contributed by atoms with van der Waals surface area (Å²) in [4.78, 5) is 49.4. The number of halogens is 2. The van der Waals surface area contributed by atoms with E-state index in [9.17, 15) is 24.3 Å². The second kappa shape index (κ2) is 10.6. The largest absolute Gasteiger partial charge is 0.428 e. The molecule has 3 N–H and O–H groups in total. The first-order valence-corrected chi connectivity index (χ1v) is 13.1. The van der Waals surface area contributed by atoms with Crippen LogP contribution in [0.15, 0.2) is 18.2 Å². The summed E-state index contributed by atoms with van der Waals surface area (Å²) in [6.45, 7) is -1.31. The Kier molecular flexibility index (Phi) is 7.58. The summed E-state index contributed by atoms with van der Waals surface area (Å²) in [5.41, 5.74) is 5.19. The van der Waals surface area contributed by atoms with Crippen molar-refractivity contribution in [2.45, 2.75) is 50.0 Å². The van der Waals surface area contributed by atoms with Gasteiger partial charge in [-0.3, -0.25) is 14.4 Å². The number of aliphatic hydroxyl groups excluding tert-OH is 1. The summed E-state index contributed by atoms with van der Waals surface area (Å²) in [6, 6.07) is 4.81. The zero-order valence-corrected chi connectivity index (χ0v) is 21.7. The van der Waals surface area contributed by atoms with Gasteiger partial charge in [0.1, 0.15) is 11.6 Å². The number of benzene rings is 1. The van der Waals surface area contributed by atoms with Crippen LogP contribution >= 0.6 is 23.2 Å². The van der Waals surface area contributed by atoms with Crippen LogP contribution in [0.3, 0.4) is 0 Å². The molecule has 0 radical (unpaired) electrons. The van der Waals surface area contributed by atoms with Gasteiger partial charge in [0.15, 0.2) is 0 Å². The topological polar surface area (TPSA) is 161 Å². The number of carbonyl (C=O) groups excluding carboxylic acids is 4. The number of fused-ring (bicyclic) bond motifs is 1. The molecule has 5 rings (SSSR count). The summed E-state index contributed by atoms with van der Waals surface area (Å²) in [5, 5.41) is 11.7. The summed E-state index contributed by atoms with van der Waals surface area (Å²) >= 11 is 12.0. The molecule has 0 aromatic heterocycles. The summed E-state index contributed by atoms with van der Waals surface area (Å²) in [6.07, 6.45) is 0.338. The Morgan fingerprint density at radius 3 is 2.05 bits per heavy atom. The molecule has 4 aliphatic carbocycles. The Labute approximate surface area is 227 Å². The van der Waals surface area contributed by atoms with Crippen molar-refractivity contribution in [3.8, 4) is 0 Å². The number of hydrogen-bond donors (Lipinski definition) is 2. The molecule has 4 aliphatic rings. The Balaban J connectivity index is 1.25. The third-order valence-corrected chi connectivity index (χ3v) is 8.20. The van der Waals surface area contributed by atoms with Crippen LogP contribution in [0, 0.1) is 29.6 Å². The maximum atomic E-state index is 13.2.